The molecule has 3 aromatic rings. The van der Waals surface area contributed by atoms with Crippen molar-refractivity contribution in [2.75, 3.05) is 18.8 Å². The molecule has 0 amide bonds. The summed E-state index contributed by atoms with van der Waals surface area (Å²) in [7, 11) is 0. The van der Waals surface area contributed by atoms with Crippen LogP contribution in [0.3, 0.4) is 0 Å². The van der Waals surface area contributed by atoms with Crippen molar-refractivity contribution >= 4 is 26.8 Å². The number of nitrogens with two attached hydrogens (primary N) is 1. The van der Waals surface area contributed by atoms with Crippen LogP contribution in [0, 0.1) is 0 Å². The van der Waals surface area contributed by atoms with Crippen LogP contribution in [0.25, 0.3) is 10.3 Å². The van der Waals surface area contributed by atoms with Crippen molar-refractivity contribution in [1.29, 1.82) is 0 Å². The Kier molecular flexibility index (Phi) is 3.93. The Hall–Kier alpha value is -2.05. The maximum absolute atomic E-state index is 5.77. The molecule has 4 rings (SSSR count). The molecule has 6 heteroatoms. The van der Waals surface area contributed by atoms with Gasteiger partial charge in [0.25, 0.3) is 0 Å². The number of rotatable bonds is 3. The van der Waals surface area contributed by atoms with Crippen LogP contribution in [0.4, 0.5) is 5.13 Å². The van der Waals surface area contributed by atoms with E-state index in [9.17, 15) is 0 Å². The number of pyridine rings is 2. The molecule has 5 nitrogen and oxygen atoms in total. The summed E-state index contributed by atoms with van der Waals surface area (Å²) in [4.78, 5) is 15.9. The number of anilines is 1. The van der Waals surface area contributed by atoms with Crippen LogP contribution in [0.2, 0.25) is 0 Å². The van der Waals surface area contributed by atoms with Gasteiger partial charge in [0.15, 0.2) is 10.8 Å². The normalized spacial score (nSPS) is 16.9. The van der Waals surface area contributed by atoms with E-state index in [2.05, 4.69) is 33.1 Å². The number of likely N-dealkylation sites (tertiary alicyclic amines) is 1. The van der Waals surface area contributed by atoms with E-state index in [1.165, 1.54) is 11.3 Å². The Morgan fingerprint density at radius 1 is 1.13 bits per heavy atom. The van der Waals surface area contributed by atoms with Crippen molar-refractivity contribution in [3.8, 4) is 0 Å². The highest BCUT2D eigenvalue weighted by atomic mass is 32.1. The van der Waals surface area contributed by atoms with Crippen LogP contribution >= 0.6 is 11.3 Å². The second-order valence-electron chi connectivity index (χ2n) is 5.98. The summed E-state index contributed by atoms with van der Waals surface area (Å²) in [5.74, 6) is 0.516. The molecular weight excluding hydrogens is 306 g/mol. The number of hydrogen-bond donors (Lipinski definition) is 1. The van der Waals surface area contributed by atoms with Gasteiger partial charge in [0.05, 0.1) is 10.4 Å². The van der Waals surface area contributed by atoms with Crippen molar-refractivity contribution < 1.29 is 0 Å². The smallest absolute Gasteiger partial charge is 0.182 e. The highest BCUT2D eigenvalue weighted by Crippen LogP contribution is 2.30. The summed E-state index contributed by atoms with van der Waals surface area (Å²) in [6.07, 6.45) is 4.12. The molecule has 1 aliphatic rings. The lowest BCUT2D eigenvalue weighted by Crippen LogP contribution is -2.32. The third-order valence-electron chi connectivity index (χ3n) is 4.41. The predicted octanol–water partition coefficient (Wildman–Crippen LogP) is 3.05. The Morgan fingerprint density at radius 3 is 2.78 bits per heavy atom. The zero-order valence-corrected chi connectivity index (χ0v) is 13.7. The maximum Gasteiger partial charge on any atom is 0.182 e. The summed E-state index contributed by atoms with van der Waals surface area (Å²) >= 11 is 1.50. The van der Waals surface area contributed by atoms with Crippen molar-refractivity contribution in [3.63, 3.8) is 0 Å². The molecule has 3 aromatic heterocycles. The molecule has 2 N–H and O–H groups in total. The van der Waals surface area contributed by atoms with Gasteiger partial charge in [-0.25, -0.2) is 9.97 Å². The van der Waals surface area contributed by atoms with Gasteiger partial charge in [0.1, 0.15) is 0 Å². The Morgan fingerprint density at radius 2 is 2.00 bits per heavy atom. The molecule has 1 fully saturated rings. The van der Waals surface area contributed by atoms with E-state index in [4.69, 9.17) is 10.7 Å². The number of hydrogen-bond acceptors (Lipinski definition) is 6. The first kappa shape index (κ1) is 14.5. The van der Waals surface area contributed by atoms with Crippen LogP contribution in [0.15, 0.2) is 36.5 Å². The quantitative estimate of drug-likeness (QED) is 0.801. The minimum absolute atomic E-state index is 0.516. The zero-order valence-electron chi connectivity index (χ0n) is 12.9. The molecule has 4 heterocycles. The maximum atomic E-state index is 5.77. The number of aromatic nitrogens is 3. The van der Waals surface area contributed by atoms with Crippen LogP contribution in [-0.4, -0.2) is 32.9 Å². The van der Waals surface area contributed by atoms with Crippen LogP contribution in [0.1, 0.15) is 30.1 Å². The highest BCUT2D eigenvalue weighted by molar-refractivity contribution is 7.21. The Bertz CT molecular complexity index is 793. The van der Waals surface area contributed by atoms with Gasteiger partial charge < -0.3 is 5.73 Å². The van der Waals surface area contributed by atoms with Crippen molar-refractivity contribution in [2.45, 2.75) is 25.3 Å². The summed E-state index contributed by atoms with van der Waals surface area (Å²) < 4.78 is 1.07. The summed E-state index contributed by atoms with van der Waals surface area (Å²) in [5.41, 5.74) is 8.85. The molecule has 0 saturated carbocycles. The van der Waals surface area contributed by atoms with E-state index in [1.54, 1.807) is 0 Å². The van der Waals surface area contributed by atoms with Gasteiger partial charge in [-0.3, -0.25) is 9.88 Å². The van der Waals surface area contributed by atoms with Gasteiger partial charge in [-0.2, -0.15) is 0 Å². The molecule has 0 aliphatic carbocycles. The first-order valence-corrected chi connectivity index (χ1v) is 8.75. The van der Waals surface area contributed by atoms with Crippen LogP contribution in [0.5, 0.6) is 0 Å². The first-order valence-electron chi connectivity index (χ1n) is 7.93. The lowest BCUT2D eigenvalue weighted by Gasteiger charge is -2.31. The third kappa shape index (κ3) is 3.18. The van der Waals surface area contributed by atoms with Gasteiger partial charge in [-0.05, 0) is 50.2 Å². The standard InChI is InChI=1S/C17H19N5S/c18-17-21-16-15(23-17)5-4-14(20-16)12-6-9-22(10-7-12)11-13-3-1-2-8-19-13/h1-5,8,12H,6-7,9-11H2,(H2,18,20,21). The van der Waals surface area contributed by atoms with Gasteiger partial charge in [0.2, 0.25) is 0 Å². The first-order chi connectivity index (χ1) is 11.3. The van der Waals surface area contributed by atoms with E-state index in [0.29, 0.717) is 11.0 Å². The zero-order chi connectivity index (χ0) is 15.6. The average Bonchev–Trinajstić information content (AvgIpc) is 2.95. The highest BCUT2D eigenvalue weighted by Gasteiger charge is 2.22. The van der Waals surface area contributed by atoms with Gasteiger partial charge in [0, 0.05) is 24.4 Å². The van der Waals surface area contributed by atoms with Crippen LogP contribution in [-0.2, 0) is 6.54 Å². The molecule has 0 atom stereocenters. The molecular formula is C17H19N5S. The molecule has 1 saturated heterocycles. The fourth-order valence-electron chi connectivity index (χ4n) is 3.18. The predicted molar refractivity (Wildman–Crippen MR) is 93.3 cm³/mol. The average molecular weight is 325 g/mol. The second kappa shape index (κ2) is 6.22. The summed E-state index contributed by atoms with van der Waals surface area (Å²) in [6, 6.07) is 10.3. The molecule has 1 aliphatic heterocycles. The molecule has 23 heavy (non-hydrogen) atoms. The lowest BCUT2D eigenvalue weighted by molar-refractivity contribution is 0.201. The van der Waals surface area contributed by atoms with Gasteiger partial charge in [-0.15, -0.1) is 0 Å². The number of thiazole rings is 1. The topological polar surface area (TPSA) is 67.9 Å². The molecule has 0 aromatic carbocycles. The minimum Gasteiger partial charge on any atom is -0.375 e. The molecule has 0 bridgehead atoms. The lowest BCUT2D eigenvalue weighted by atomic mass is 9.93. The van der Waals surface area contributed by atoms with E-state index in [0.717, 1.165) is 54.2 Å². The van der Waals surface area contributed by atoms with E-state index in [1.807, 2.05) is 18.3 Å². The second-order valence-corrected chi connectivity index (χ2v) is 7.04. The molecule has 0 radical (unpaired) electrons. The summed E-state index contributed by atoms with van der Waals surface area (Å²) in [5, 5.41) is 0.592. The van der Waals surface area contributed by atoms with Gasteiger partial charge in [-0.1, -0.05) is 17.4 Å². The monoisotopic (exact) mass is 325 g/mol. The Labute approximate surface area is 139 Å². The fourth-order valence-corrected chi connectivity index (χ4v) is 3.86. The van der Waals surface area contributed by atoms with E-state index < -0.39 is 0 Å². The van der Waals surface area contributed by atoms with E-state index in [-0.39, 0.29) is 0 Å². The van der Waals surface area contributed by atoms with Crippen molar-refractivity contribution in [2.24, 2.45) is 0 Å². The minimum atomic E-state index is 0.516. The van der Waals surface area contributed by atoms with Crippen LogP contribution < -0.4 is 5.73 Å². The van der Waals surface area contributed by atoms with E-state index >= 15 is 0 Å². The largest absolute Gasteiger partial charge is 0.375 e. The van der Waals surface area contributed by atoms with Crippen molar-refractivity contribution in [1.82, 2.24) is 19.9 Å². The number of fused-ring (bicyclic) bond motifs is 1. The third-order valence-corrected chi connectivity index (χ3v) is 5.25. The number of piperidine rings is 1. The summed E-state index contributed by atoms with van der Waals surface area (Å²) in [6.45, 7) is 3.10. The van der Waals surface area contributed by atoms with Crippen molar-refractivity contribution in [3.05, 3.63) is 47.9 Å². The molecule has 118 valence electrons. The fraction of sp³-hybridized carbons (Fsp3) is 0.353. The SMILES string of the molecule is Nc1nc2nc(C3CCN(Cc4ccccn4)CC3)ccc2s1. The number of nitrogens with zero attached hydrogens (tertiary/aromatic N) is 4. The Balaban J connectivity index is 1.42. The molecule has 0 spiro atoms. The van der Waals surface area contributed by atoms with Gasteiger partial charge >= 0.3 is 0 Å². The number of nitrogen functional groups attached to an aromatic ring is 1. The molecule has 0 unspecified atom stereocenters.